The zero-order valence-corrected chi connectivity index (χ0v) is 15.9. The van der Waals surface area contributed by atoms with Crippen LogP contribution in [0.2, 0.25) is 0 Å². The fourth-order valence-electron chi connectivity index (χ4n) is 3.07. The summed E-state index contributed by atoms with van der Waals surface area (Å²) in [5.41, 5.74) is 0.873. The third-order valence-electron chi connectivity index (χ3n) is 4.22. The van der Waals surface area contributed by atoms with Crippen LogP contribution in [0.4, 0.5) is 0 Å². The highest BCUT2D eigenvalue weighted by Crippen LogP contribution is 2.45. The molecule has 24 heavy (non-hydrogen) atoms. The quantitative estimate of drug-likeness (QED) is 0.402. The number of benzene rings is 1. The van der Waals surface area contributed by atoms with Gasteiger partial charge >= 0.3 is 5.97 Å². The molecule has 0 bridgehead atoms. The van der Waals surface area contributed by atoms with Crippen LogP contribution in [0, 0.1) is 0 Å². The smallest absolute Gasteiger partial charge is 0.327 e. The average Bonchev–Trinajstić information content (AvgIpc) is 2.52. The van der Waals surface area contributed by atoms with Gasteiger partial charge in [-0.3, -0.25) is 9.59 Å². The lowest BCUT2D eigenvalue weighted by Gasteiger charge is -2.56. The van der Waals surface area contributed by atoms with Crippen molar-refractivity contribution in [3.05, 3.63) is 35.9 Å². The molecule has 0 spiro atoms. The van der Waals surface area contributed by atoms with Gasteiger partial charge in [-0.15, -0.1) is 11.8 Å². The third-order valence-corrected chi connectivity index (χ3v) is 7.32. The summed E-state index contributed by atoms with van der Waals surface area (Å²) in [5, 5.41) is 11.9. The molecule has 2 fully saturated rings. The Bertz CT molecular complexity index is 682. The average molecular weight is 460 g/mol. The van der Waals surface area contributed by atoms with E-state index in [9.17, 15) is 19.5 Å². The number of rotatable bonds is 4. The molecule has 128 valence electrons. The van der Waals surface area contributed by atoms with Crippen LogP contribution in [-0.2, 0) is 20.8 Å². The van der Waals surface area contributed by atoms with E-state index in [4.69, 9.17) is 0 Å². The Hall–Kier alpha value is -1.29. The Balaban J connectivity index is 1.67. The Kier molecular flexibility index (Phi) is 4.78. The van der Waals surface area contributed by atoms with Gasteiger partial charge in [0, 0.05) is 5.75 Å². The summed E-state index contributed by atoms with van der Waals surface area (Å²) >= 11 is 3.62. The van der Waals surface area contributed by atoms with E-state index < -0.39 is 21.5 Å². The van der Waals surface area contributed by atoms with Crippen LogP contribution in [-0.4, -0.2) is 54.4 Å². The second-order valence-electron chi connectivity index (χ2n) is 6.17. The number of carboxylic acids is 1. The van der Waals surface area contributed by atoms with Gasteiger partial charge in [-0.05, 0) is 12.5 Å². The van der Waals surface area contributed by atoms with Gasteiger partial charge in [-0.2, -0.15) is 0 Å². The summed E-state index contributed by atoms with van der Waals surface area (Å²) in [4.78, 5) is 37.6. The minimum absolute atomic E-state index is 0.203. The van der Waals surface area contributed by atoms with Crippen molar-refractivity contribution in [2.75, 3.05) is 5.75 Å². The van der Waals surface area contributed by atoms with Gasteiger partial charge in [0.1, 0.15) is 17.5 Å². The molecule has 3 rings (SSSR count). The number of fused-ring (bicyclic) bond motifs is 1. The number of aliphatic carboxylic acids is 1. The summed E-state index contributed by atoms with van der Waals surface area (Å²) in [7, 11) is 0. The number of nitrogens with zero attached hydrogens (tertiary/aromatic N) is 1. The molecule has 0 aliphatic carbocycles. The SMILES string of the molecule is CC1(I)CS[C@@H]2C(NC(=O)Cc3ccccc3)C(=O)N2C1C(=O)O. The topological polar surface area (TPSA) is 86.7 Å². The Morgan fingerprint density at radius 2 is 2.08 bits per heavy atom. The van der Waals surface area contributed by atoms with Crippen molar-refractivity contribution in [3.8, 4) is 0 Å². The van der Waals surface area contributed by atoms with E-state index in [0.717, 1.165) is 5.56 Å². The van der Waals surface area contributed by atoms with E-state index in [1.165, 1.54) is 16.7 Å². The molecule has 3 unspecified atom stereocenters. The predicted octanol–water partition coefficient (Wildman–Crippen LogP) is 1.28. The van der Waals surface area contributed by atoms with Crippen molar-refractivity contribution < 1.29 is 19.5 Å². The van der Waals surface area contributed by atoms with Gasteiger partial charge in [0.15, 0.2) is 0 Å². The van der Waals surface area contributed by atoms with Crippen molar-refractivity contribution >= 4 is 52.1 Å². The van der Waals surface area contributed by atoms with E-state index in [-0.39, 0.29) is 23.6 Å². The van der Waals surface area contributed by atoms with Crippen molar-refractivity contribution in [1.29, 1.82) is 0 Å². The van der Waals surface area contributed by atoms with Crippen molar-refractivity contribution in [3.63, 3.8) is 0 Å². The predicted molar refractivity (Wildman–Crippen MR) is 99.0 cm³/mol. The third kappa shape index (κ3) is 3.13. The van der Waals surface area contributed by atoms with E-state index in [2.05, 4.69) is 27.9 Å². The number of amides is 2. The van der Waals surface area contributed by atoms with Gasteiger partial charge in [0.25, 0.3) is 0 Å². The highest BCUT2D eigenvalue weighted by molar-refractivity contribution is 14.1. The summed E-state index contributed by atoms with van der Waals surface area (Å²) in [6, 6.07) is 7.79. The first kappa shape index (κ1) is 17.5. The second kappa shape index (κ2) is 6.55. The zero-order chi connectivity index (χ0) is 17.5. The molecule has 2 aliphatic heterocycles. The number of alkyl halides is 1. The molecule has 2 N–H and O–H groups in total. The molecule has 2 saturated heterocycles. The summed E-state index contributed by atoms with van der Waals surface area (Å²) < 4.78 is -0.528. The first-order valence-electron chi connectivity index (χ1n) is 7.50. The summed E-state index contributed by atoms with van der Waals surface area (Å²) in [6.45, 7) is 1.84. The van der Waals surface area contributed by atoms with Gasteiger partial charge in [0.05, 0.1) is 9.84 Å². The number of carbonyl (C=O) groups is 3. The normalized spacial score (nSPS) is 31.8. The molecule has 0 radical (unpaired) electrons. The molecule has 2 aliphatic rings. The van der Waals surface area contributed by atoms with E-state index in [1.807, 2.05) is 37.3 Å². The first-order chi connectivity index (χ1) is 11.3. The molecule has 6 nitrogen and oxygen atoms in total. The minimum Gasteiger partial charge on any atom is -0.480 e. The number of carboxylic acid groups (broad SMARTS) is 1. The van der Waals surface area contributed by atoms with Crippen molar-refractivity contribution in [1.82, 2.24) is 10.2 Å². The van der Waals surface area contributed by atoms with Crippen LogP contribution >= 0.6 is 34.4 Å². The van der Waals surface area contributed by atoms with E-state index in [0.29, 0.717) is 5.75 Å². The van der Waals surface area contributed by atoms with Gasteiger partial charge in [-0.25, -0.2) is 4.79 Å². The fraction of sp³-hybridized carbons (Fsp3) is 0.438. The van der Waals surface area contributed by atoms with Crippen LogP contribution in [0.25, 0.3) is 0 Å². The number of hydrogen-bond donors (Lipinski definition) is 2. The number of hydrogen-bond acceptors (Lipinski definition) is 4. The van der Waals surface area contributed by atoms with Crippen LogP contribution in [0.3, 0.4) is 0 Å². The van der Waals surface area contributed by atoms with Gasteiger partial charge in [0.2, 0.25) is 11.8 Å². The lowest BCUT2D eigenvalue weighted by molar-refractivity contribution is -0.163. The molecule has 0 aromatic heterocycles. The minimum atomic E-state index is -1.00. The van der Waals surface area contributed by atoms with Crippen LogP contribution in [0.5, 0.6) is 0 Å². The Morgan fingerprint density at radius 3 is 2.71 bits per heavy atom. The summed E-state index contributed by atoms with van der Waals surface area (Å²) in [6.07, 6.45) is 0.203. The first-order valence-corrected chi connectivity index (χ1v) is 9.63. The molecule has 2 amide bonds. The molecule has 2 heterocycles. The standard InChI is InChI=1S/C16H17IN2O4S/c1-16(17)8-24-14-11(13(21)19(14)12(16)15(22)23)18-10(20)7-9-5-3-2-4-6-9/h2-6,11-12,14H,7-8H2,1H3,(H,18,20)(H,22,23)/t11?,12?,14-,16?/m1/s1. The monoisotopic (exact) mass is 460 g/mol. The highest BCUT2D eigenvalue weighted by Gasteiger charge is 2.60. The molecule has 8 heteroatoms. The number of thioether (sulfide) groups is 1. The maximum absolute atomic E-state index is 12.4. The zero-order valence-electron chi connectivity index (χ0n) is 12.9. The molecular weight excluding hydrogens is 443 g/mol. The fourth-order valence-corrected chi connectivity index (χ4v) is 5.59. The number of carbonyl (C=O) groups excluding carboxylic acids is 2. The molecule has 1 aromatic rings. The molecule has 0 saturated carbocycles. The molecular formula is C16H17IN2O4S. The molecule has 4 atom stereocenters. The van der Waals surface area contributed by atoms with E-state index >= 15 is 0 Å². The van der Waals surface area contributed by atoms with Crippen LogP contribution in [0.1, 0.15) is 12.5 Å². The highest BCUT2D eigenvalue weighted by atomic mass is 127. The molecule has 1 aromatic carbocycles. The maximum atomic E-state index is 12.4. The van der Waals surface area contributed by atoms with Gasteiger partial charge in [-0.1, -0.05) is 52.9 Å². The number of β-lactam (4-membered cyclic amide) rings is 1. The summed E-state index contributed by atoms with van der Waals surface area (Å²) in [5.74, 6) is -0.928. The lowest BCUT2D eigenvalue weighted by atomic mass is 9.94. The lowest BCUT2D eigenvalue weighted by Crippen LogP contribution is -2.77. The Morgan fingerprint density at radius 1 is 1.42 bits per heavy atom. The largest absolute Gasteiger partial charge is 0.480 e. The van der Waals surface area contributed by atoms with E-state index in [1.54, 1.807) is 0 Å². The second-order valence-corrected chi connectivity index (χ2v) is 9.74. The Labute approximate surface area is 157 Å². The van der Waals surface area contributed by atoms with Gasteiger partial charge < -0.3 is 15.3 Å². The van der Waals surface area contributed by atoms with Crippen molar-refractivity contribution in [2.45, 2.75) is 34.2 Å². The van der Waals surface area contributed by atoms with Crippen molar-refractivity contribution in [2.24, 2.45) is 0 Å². The maximum Gasteiger partial charge on any atom is 0.327 e. The number of nitrogens with one attached hydrogen (secondary N) is 1. The van der Waals surface area contributed by atoms with Crippen LogP contribution in [0.15, 0.2) is 30.3 Å². The van der Waals surface area contributed by atoms with Crippen LogP contribution < -0.4 is 5.32 Å². The number of halogens is 1.